The van der Waals surface area contributed by atoms with E-state index in [0.717, 1.165) is 0 Å². The van der Waals surface area contributed by atoms with Crippen LogP contribution < -0.4 is 5.73 Å². The fourth-order valence-electron chi connectivity index (χ4n) is 1.27. The zero-order valence-electron chi connectivity index (χ0n) is 8.17. The first-order chi connectivity index (χ1) is 6.90. The maximum Gasteiger partial charge on any atom is 0.297 e. The standard InChI is InChI=1S/C10H12ClF2NO/c1-6(14)7-3-2-4-8(9(7)11)10(12,13)5-15/h2-4,6,15H,5,14H2,1H3/t6-/m1/s1. The molecular formula is C10H12ClF2NO. The van der Waals surface area contributed by atoms with Crippen molar-refractivity contribution >= 4 is 11.6 Å². The highest BCUT2D eigenvalue weighted by molar-refractivity contribution is 6.32. The Bertz CT molecular complexity index is 355. The van der Waals surface area contributed by atoms with Crippen LogP contribution in [0.2, 0.25) is 5.02 Å². The van der Waals surface area contributed by atoms with E-state index < -0.39 is 18.6 Å². The minimum atomic E-state index is -3.33. The van der Waals surface area contributed by atoms with Crippen LogP contribution >= 0.6 is 11.6 Å². The Hall–Kier alpha value is -0.710. The minimum absolute atomic E-state index is 0.0773. The summed E-state index contributed by atoms with van der Waals surface area (Å²) in [5.41, 5.74) is 5.64. The van der Waals surface area contributed by atoms with E-state index in [2.05, 4.69) is 0 Å². The summed E-state index contributed by atoms with van der Waals surface area (Å²) >= 11 is 5.80. The van der Waals surface area contributed by atoms with Crippen molar-refractivity contribution < 1.29 is 13.9 Å². The molecule has 15 heavy (non-hydrogen) atoms. The summed E-state index contributed by atoms with van der Waals surface area (Å²) in [6.45, 7) is 0.386. The molecule has 1 aromatic rings. The lowest BCUT2D eigenvalue weighted by molar-refractivity contribution is -0.0555. The fourth-order valence-corrected chi connectivity index (χ4v) is 1.71. The van der Waals surface area contributed by atoms with Crippen LogP contribution in [0.5, 0.6) is 0 Å². The molecule has 0 unspecified atom stereocenters. The van der Waals surface area contributed by atoms with Crippen molar-refractivity contribution in [1.82, 2.24) is 0 Å². The quantitative estimate of drug-likeness (QED) is 0.845. The van der Waals surface area contributed by atoms with E-state index in [1.165, 1.54) is 12.1 Å². The molecule has 1 aromatic carbocycles. The molecule has 0 amide bonds. The Labute approximate surface area is 91.7 Å². The Morgan fingerprint density at radius 2 is 2.13 bits per heavy atom. The molecule has 0 radical (unpaired) electrons. The molecule has 2 nitrogen and oxygen atoms in total. The topological polar surface area (TPSA) is 46.2 Å². The highest BCUT2D eigenvalue weighted by Gasteiger charge is 2.33. The second-order valence-electron chi connectivity index (χ2n) is 3.36. The van der Waals surface area contributed by atoms with Gasteiger partial charge in [-0.05, 0) is 12.5 Å². The second kappa shape index (κ2) is 4.43. The maximum absolute atomic E-state index is 13.2. The van der Waals surface area contributed by atoms with Crippen LogP contribution in [0.1, 0.15) is 24.1 Å². The Kier molecular flexibility index (Phi) is 3.65. The van der Waals surface area contributed by atoms with Crippen LogP contribution in [-0.2, 0) is 5.92 Å². The average Bonchev–Trinajstić information content (AvgIpc) is 2.17. The molecule has 3 N–H and O–H groups in total. The first-order valence-corrected chi connectivity index (χ1v) is 4.81. The van der Waals surface area contributed by atoms with Gasteiger partial charge in [-0.3, -0.25) is 0 Å². The number of nitrogens with two attached hydrogens (primary N) is 1. The number of hydrogen-bond donors (Lipinski definition) is 2. The molecular weight excluding hydrogens is 224 g/mol. The summed E-state index contributed by atoms with van der Waals surface area (Å²) in [4.78, 5) is 0. The van der Waals surface area contributed by atoms with Gasteiger partial charge >= 0.3 is 0 Å². The summed E-state index contributed by atoms with van der Waals surface area (Å²) in [7, 11) is 0. The van der Waals surface area contributed by atoms with E-state index in [9.17, 15) is 8.78 Å². The molecule has 1 atom stereocenters. The SMILES string of the molecule is C[C@@H](N)c1cccc(C(F)(F)CO)c1Cl. The summed E-state index contributed by atoms with van der Waals surface area (Å²) in [6, 6.07) is 3.80. The zero-order valence-corrected chi connectivity index (χ0v) is 8.93. The maximum atomic E-state index is 13.2. The Morgan fingerprint density at radius 3 is 2.60 bits per heavy atom. The number of alkyl halides is 2. The van der Waals surface area contributed by atoms with Crippen LogP contribution in [0.3, 0.4) is 0 Å². The molecule has 0 saturated carbocycles. The predicted octanol–water partition coefficient (Wildman–Crippen LogP) is 2.44. The second-order valence-corrected chi connectivity index (χ2v) is 3.74. The van der Waals surface area contributed by atoms with Crippen molar-refractivity contribution in [3.63, 3.8) is 0 Å². The van der Waals surface area contributed by atoms with Gasteiger partial charge in [-0.1, -0.05) is 29.8 Å². The Balaban J connectivity index is 3.27. The highest BCUT2D eigenvalue weighted by Crippen LogP contribution is 2.36. The lowest BCUT2D eigenvalue weighted by atomic mass is 10.0. The summed E-state index contributed by atoms with van der Waals surface area (Å²) in [5, 5.41) is 8.48. The first-order valence-electron chi connectivity index (χ1n) is 4.43. The summed E-state index contributed by atoms with van der Waals surface area (Å²) in [6.07, 6.45) is 0. The van der Waals surface area contributed by atoms with Gasteiger partial charge in [-0.2, -0.15) is 8.78 Å². The molecule has 84 valence electrons. The number of halogens is 3. The zero-order chi connectivity index (χ0) is 11.6. The van der Waals surface area contributed by atoms with Crippen molar-refractivity contribution in [1.29, 1.82) is 0 Å². The van der Waals surface area contributed by atoms with Crippen molar-refractivity contribution in [2.45, 2.75) is 18.9 Å². The van der Waals surface area contributed by atoms with Crippen LogP contribution in [0.25, 0.3) is 0 Å². The van der Waals surface area contributed by atoms with Gasteiger partial charge in [0.2, 0.25) is 0 Å². The van der Waals surface area contributed by atoms with E-state index in [1.54, 1.807) is 13.0 Å². The minimum Gasteiger partial charge on any atom is -0.390 e. The molecule has 0 spiro atoms. The molecule has 0 saturated heterocycles. The molecule has 0 aliphatic carbocycles. The van der Waals surface area contributed by atoms with Crippen molar-refractivity contribution in [3.05, 3.63) is 34.3 Å². The van der Waals surface area contributed by atoms with E-state index in [0.29, 0.717) is 5.56 Å². The third-order valence-electron chi connectivity index (χ3n) is 2.11. The van der Waals surface area contributed by atoms with Gasteiger partial charge in [0.15, 0.2) is 0 Å². The van der Waals surface area contributed by atoms with Gasteiger partial charge in [-0.15, -0.1) is 0 Å². The Morgan fingerprint density at radius 1 is 1.53 bits per heavy atom. The van der Waals surface area contributed by atoms with Gasteiger partial charge in [0.1, 0.15) is 6.61 Å². The highest BCUT2D eigenvalue weighted by atomic mass is 35.5. The lowest BCUT2D eigenvalue weighted by Gasteiger charge is -2.18. The molecule has 0 aliphatic rings. The van der Waals surface area contributed by atoms with Gasteiger partial charge in [-0.25, -0.2) is 0 Å². The van der Waals surface area contributed by atoms with E-state index in [-0.39, 0.29) is 10.6 Å². The van der Waals surface area contributed by atoms with Gasteiger partial charge in [0.05, 0.1) is 5.02 Å². The van der Waals surface area contributed by atoms with E-state index >= 15 is 0 Å². The first kappa shape index (κ1) is 12.4. The molecule has 5 heteroatoms. The van der Waals surface area contributed by atoms with Crippen LogP contribution in [0.15, 0.2) is 18.2 Å². The normalized spacial score (nSPS) is 14.0. The number of aliphatic hydroxyl groups excluding tert-OH is 1. The molecule has 0 aliphatic heterocycles. The number of benzene rings is 1. The van der Waals surface area contributed by atoms with Crippen molar-refractivity contribution in [3.8, 4) is 0 Å². The third-order valence-corrected chi connectivity index (χ3v) is 2.53. The van der Waals surface area contributed by atoms with Gasteiger partial charge < -0.3 is 10.8 Å². The van der Waals surface area contributed by atoms with E-state index in [4.69, 9.17) is 22.4 Å². The third kappa shape index (κ3) is 2.45. The largest absolute Gasteiger partial charge is 0.390 e. The lowest BCUT2D eigenvalue weighted by Crippen LogP contribution is -2.20. The van der Waals surface area contributed by atoms with E-state index in [1.807, 2.05) is 0 Å². The smallest absolute Gasteiger partial charge is 0.297 e. The van der Waals surface area contributed by atoms with Gasteiger partial charge in [0.25, 0.3) is 5.92 Å². The number of hydrogen-bond acceptors (Lipinski definition) is 2. The monoisotopic (exact) mass is 235 g/mol. The molecule has 0 aromatic heterocycles. The number of aliphatic hydroxyl groups is 1. The molecule has 1 rings (SSSR count). The van der Waals surface area contributed by atoms with Gasteiger partial charge in [0, 0.05) is 11.6 Å². The summed E-state index contributed by atoms with van der Waals surface area (Å²) < 4.78 is 26.4. The van der Waals surface area contributed by atoms with Crippen LogP contribution in [-0.4, -0.2) is 11.7 Å². The van der Waals surface area contributed by atoms with Crippen LogP contribution in [0, 0.1) is 0 Å². The molecule has 0 heterocycles. The summed E-state index contributed by atoms with van der Waals surface area (Å²) in [5.74, 6) is -3.33. The van der Waals surface area contributed by atoms with Crippen LogP contribution in [0.4, 0.5) is 8.78 Å². The molecule has 0 fully saturated rings. The predicted molar refractivity (Wildman–Crippen MR) is 55.0 cm³/mol. The molecule has 0 bridgehead atoms. The van der Waals surface area contributed by atoms with Crippen molar-refractivity contribution in [2.24, 2.45) is 5.73 Å². The average molecular weight is 236 g/mol. The fraction of sp³-hybridized carbons (Fsp3) is 0.400. The number of rotatable bonds is 3. The van der Waals surface area contributed by atoms with Crippen molar-refractivity contribution in [2.75, 3.05) is 6.61 Å².